The number of aromatic nitrogens is 4. The highest BCUT2D eigenvalue weighted by Crippen LogP contribution is 2.39. The summed E-state index contributed by atoms with van der Waals surface area (Å²) < 4.78 is 1.66. The fourth-order valence-corrected chi connectivity index (χ4v) is 3.36. The Bertz CT molecular complexity index is 1110. The van der Waals surface area contributed by atoms with Gasteiger partial charge in [0.2, 0.25) is 11.2 Å². The monoisotopic (exact) mass is 398 g/mol. The molecule has 0 radical (unpaired) electrons. The van der Waals surface area contributed by atoms with Crippen molar-refractivity contribution >= 4 is 34.5 Å². The second kappa shape index (κ2) is 7.20. The molecule has 0 unspecified atom stereocenters. The molecule has 0 saturated heterocycles. The molecular weight excluding hydrogens is 380 g/mol. The lowest BCUT2D eigenvalue weighted by Gasteiger charge is -2.18. The molecule has 0 bridgehead atoms. The zero-order valence-corrected chi connectivity index (χ0v) is 16.0. The van der Waals surface area contributed by atoms with Crippen molar-refractivity contribution in [3.8, 4) is 0 Å². The summed E-state index contributed by atoms with van der Waals surface area (Å²) >= 11 is 5.94. The Labute approximate surface area is 165 Å². The first-order valence-corrected chi connectivity index (χ1v) is 9.39. The van der Waals surface area contributed by atoms with Gasteiger partial charge in [-0.1, -0.05) is 12.1 Å². The fraction of sp³-hybridized carbons (Fsp3) is 0.316. The first kappa shape index (κ1) is 18.4. The van der Waals surface area contributed by atoms with E-state index in [2.05, 4.69) is 20.3 Å². The zero-order valence-electron chi connectivity index (χ0n) is 15.2. The molecule has 0 aliphatic heterocycles. The SMILES string of the molecule is C[C@@H](C1CC1)n1c(=O)c(NCc2ccc(C(N)=O)cc2)nc2cnc(Cl)nc21. The lowest BCUT2D eigenvalue weighted by Crippen LogP contribution is -2.29. The number of nitrogens with two attached hydrogens (primary N) is 1. The van der Waals surface area contributed by atoms with Crippen molar-refractivity contribution in [3.63, 3.8) is 0 Å². The van der Waals surface area contributed by atoms with Crippen molar-refractivity contribution in [2.75, 3.05) is 5.32 Å². The minimum Gasteiger partial charge on any atom is -0.366 e. The van der Waals surface area contributed by atoms with Crippen LogP contribution in [0.5, 0.6) is 0 Å². The van der Waals surface area contributed by atoms with Crippen LogP contribution in [-0.4, -0.2) is 25.4 Å². The van der Waals surface area contributed by atoms with Crippen molar-refractivity contribution in [2.45, 2.75) is 32.4 Å². The van der Waals surface area contributed by atoms with Crippen molar-refractivity contribution in [1.29, 1.82) is 0 Å². The summed E-state index contributed by atoms with van der Waals surface area (Å²) in [4.78, 5) is 36.9. The highest BCUT2D eigenvalue weighted by Gasteiger charge is 2.31. The Kier molecular flexibility index (Phi) is 4.72. The van der Waals surface area contributed by atoms with Crippen LogP contribution in [0.2, 0.25) is 5.28 Å². The standard InChI is InChI=1S/C19H19ClN6O2/c1-10(12-6-7-12)26-17-14(9-23-19(20)25-17)24-16(18(26)28)22-8-11-2-4-13(5-3-11)15(21)27/h2-5,9-10,12H,6-8H2,1H3,(H2,21,27)(H,22,24)/t10-/m0/s1. The number of anilines is 1. The van der Waals surface area contributed by atoms with Crippen LogP contribution < -0.4 is 16.6 Å². The maximum Gasteiger partial charge on any atom is 0.295 e. The number of amides is 1. The molecule has 1 fully saturated rings. The number of halogens is 1. The Morgan fingerprint density at radius 2 is 2.04 bits per heavy atom. The fourth-order valence-electron chi connectivity index (χ4n) is 3.24. The molecule has 4 rings (SSSR count). The summed E-state index contributed by atoms with van der Waals surface area (Å²) in [5.74, 6) is 0.197. The van der Waals surface area contributed by atoms with E-state index < -0.39 is 5.91 Å². The third-order valence-corrected chi connectivity index (χ3v) is 5.19. The predicted octanol–water partition coefficient (Wildman–Crippen LogP) is 2.52. The van der Waals surface area contributed by atoms with Crippen LogP contribution in [0.1, 0.15) is 41.7 Å². The first-order valence-electron chi connectivity index (χ1n) is 9.01. The van der Waals surface area contributed by atoms with Crippen LogP contribution in [-0.2, 0) is 6.54 Å². The lowest BCUT2D eigenvalue weighted by atomic mass is 10.1. The second-order valence-corrected chi connectivity index (χ2v) is 7.31. The molecule has 1 aliphatic rings. The van der Waals surface area contributed by atoms with Crippen LogP contribution in [0.15, 0.2) is 35.3 Å². The molecule has 9 heteroatoms. The van der Waals surface area contributed by atoms with E-state index in [1.807, 2.05) is 6.92 Å². The third kappa shape index (κ3) is 3.55. The number of rotatable bonds is 6. The van der Waals surface area contributed by atoms with Crippen molar-refractivity contribution in [1.82, 2.24) is 19.5 Å². The molecular formula is C19H19ClN6O2. The van der Waals surface area contributed by atoms with E-state index in [1.54, 1.807) is 28.8 Å². The topological polar surface area (TPSA) is 116 Å². The van der Waals surface area contributed by atoms with Gasteiger partial charge in [-0.2, -0.15) is 4.98 Å². The summed E-state index contributed by atoms with van der Waals surface area (Å²) in [5, 5.41) is 3.17. The van der Waals surface area contributed by atoms with Crippen LogP contribution in [0, 0.1) is 5.92 Å². The molecule has 1 aliphatic carbocycles. The molecule has 2 aromatic heterocycles. The quantitative estimate of drug-likeness (QED) is 0.616. The minimum absolute atomic E-state index is 0.000586. The number of hydrogen-bond acceptors (Lipinski definition) is 6. The van der Waals surface area contributed by atoms with Gasteiger partial charge in [0.15, 0.2) is 11.5 Å². The molecule has 1 saturated carbocycles. The number of hydrogen-bond donors (Lipinski definition) is 2. The van der Waals surface area contributed by atoms with Gasteiger partial charge in [-0.3, -0.25) is 14.2 Å². The Balaban J connectivity index is 1.68. The average Bonchev–Trinajstić information content (AvgIpc) is 3.52. The molecule has 1 amide bonds. The van der Waals surface area contributed by atoms with Gasteiger partial charge in [0.05, 0.1) is 6.20 Å². The maximum absolute atomic E-state index is 13.1. The van der Waals surface area contributed by atoms with E-state index in [9.17, 15) is 9.59 Å². The molecule has 28 heavy (non-hydrogen) atoms. The smallest absolute Gasteiger partial charge is 0.295 e. The highest BCUT2D eigenvalue weighted by atomic mass is 35.5. The second-order valence-electron chi connectivity index (χ2n) is 6.98. The van der Waals surface area contributed by atoms with Gasteiger partial charge in [0, 0.05) is 18.2 Å². The van der Waals surface area contributed by atoms with Gasteiger partial charge < -0.3 is 11.1 Å². The van der Waals surface area contributed by atoms with E-state index in [4.69, 9.17) is 17.3 Å². The van der Waals surface area contributed by atoms with Crippen LogP contribution >= 0.6 is 11.6 Å². The number of nitrogens with one attached hydrogen (secondary N) is 1. The van der Waals surface area contributed by atoms with Crippen molar-refractivity contribution < 1.29 is 4.79 Å². The van der Waals surface area contributed by atoms with E-state index in [0.29, 0.717) is 29.2 Å². The summed E-state index contributed by atoms with van der Waals surface area (Å²) in [6, 6.07) is 6.86. The summed E-state index contributed by atoms with van der Waals surface area (Å²) in [6.07, 6.45) is 3.70. The molecule has 3 N–H and O–H groups in total. The van der Waals surface area contributed by atoms with E-state index in [-0.39, 0.29) is 22.7 Å². The van der Waals surface area contributed by atoms with Crippen molar-refractivity contribution in [3.05, 3.63) is 57.2 Å². The molecule has 2 heterocycles. The van der Waals surface area contributed by atoms with Gasteiger partial charge in [-0.25, -0.2) is 9.97 Å². The predicted molar refractivity (Wildman–Crippen MR) is 106 cm³/mol. The van der Waals surface area contributed by atoms with Gasteiger partial charge in [-0.05, 0) is 55.0 Å². The molecule has 0 spiro atoms. The van der Waals surface area contributed by atoms with Gasteiger partial charge in [0.1, 0.15) is 5.52 Å². The van der Waals surface area contributed by atoms with Gasteiger partial charge >= 0.3 is 0 Å². The minimum atomic E-state index is -0.480. The highest BCUT2D eigenvalue weighted by molar-refractivity contribution is 6.28. The largest absolute Gasteiger partial charge is 0.366 e. The Morgan fingerprint density at radius 3 is 2.68 bits per heavy atom. The van der Waals surface area contributed by atoms with Crippen LogP contribution in [0.25, 0.3) is 11.2 Å². The van der Waals surface area contributed by atoms with E-state index in [0.717, 1.165) is 18.4 Å². The number of carbonyl (C=O) groups excluding carboxylic acids is 1. The number of benzene rings is 1. The molecule has 8 nitrogen and oxygen atoms in total. The average molecular weight is 399 g/mol. The van der Waals surface area contributed by atoms with Crippen LogP contribution in [0.4, 0.5) is 5.82 Å². The zero-order chi connectivity index (χ0) is 19.8. The Morgan fingerprint density at radius 1 is 1.32 bits per heavy atom. The summed E-state index contributed by atoms with van der Waals surface area (Å²) in [7, 11) is 0. The third-order valence-electron chi connectivity index (χ3n) is 5.01. The van der Waals surface area contributed by atoms with Crippen LogP contribution in [0.3, 0.4) is 0 Å². The number of nitrogens with zero attached hydrogens (tertiary/aromatic N) is 4. The van der Waals surface area contributed by atoms with E-state index >= 15 is 0 Å². The number of fused-ring (bicyclic) bond motifs is 1. The maximum atomic E-state index is 13.1. The summed E-state index contributed by atoms with van der Waals surface area (Å²) in [5.41, 5.74) is 7.29. The Hall–Kier alpha value is -3.00. The molecule has 144 valence electrons. The van der Waals surface area contributed by atoms with Gasteiger partial charge in [-0.15, -0.1) is 0 Å². The van der Waals surface area contributed by atoms with E-state index in [1.165, 1.54) is 6.20 Å². The first-order chi connectivity index (χ1) is 13.4. The number of carbonyl (C=O) groups is 1. The molecule has 1 atom stereocenters. The number of primary amides is 1. The normalized spacial score (nSPS) is 14.8. The summed E-state index contributed by atoms with van der Waals surface area (Å²) in [6.45, 7) is 2.39. The van der Waals surface area contributed by atoms with Crippen molar-refractivity contribution in [2.24, 2.45) is 11.7 Å². The lowest BCUT2D eigenvalue weighted by molar-refractivity contribution is 0.100. The molecule has 3 aromatic rings. The molecule has 1 aromatic carbocycles. The van der Waals surface area contributed by atoms with Gasteiger partial charge in [0.25, 0.3) is 5.56 Å².